The highest BCUT2D eigenvalue weighted by atomic mass is 19.4. The number of carbonyl (C=O) groups is 2. The van der Waals surface area contributed by atoms with Crippen LogP contribution < -0.4 is 0 Å². The normalized spacial score (nSPS) is 22.6. The van der Waals surface area contributed by atoms with Crippen molar-refractivity contribution in [2.45, 2.75) is 44.3 Å². The Morgan fingerprint density at radius 3 is 2.62 bits per heavy atom. The molecule has 0 radical (unpaired) electrons. The van der Waals surface area contributed by atoms with Gasteiger partial charge in [0.05, 0.1) is 37.2 Å². The Morgan fingerprint density at radius 1 is 1.34 bits per heavy atom. The number of carbonyl (C=O) groups excluding carboxylic acids is 1. The summed E-state index contributed by atoms with van der Waals surface area (Å²) in [4.78, 5) is 31.2. The summed E-state index contributed by atoms with van der Waals surface area (Å²) in [6.07, 6.45) is 1.42. The van der Waals surface area contributed by atoms with Gasteiger partial charge in [-0.1, -0.05) is 0 Å². The van der Waals surface area contributed by atoms with Crippen LogP contribution in [0.15, 0.2) is 35.3 Å². The molecule has 174 valence electrons. The number of aliphatic carboxylic acids is 1. The quantitative estimate of drug-likeness (QED) is 0.745. The van der Waals surface area contributed by atoms with Gasteiger partial charge in [0.15, 0.2) is 6.39 Å². The summed E-state index contributed by atoms with van der Waals surface area (Å²) < 4.78 is 49.0. The molecule has 0 aliphatic carbocycles. The number of amides is 1. The Kier molecular flexibility index (Phi) is 7.14. The van der Waals surface area contributed by atoms with Crippen molar-refractivity contribution in [3.63, 3.8) is 0 Å². The molecule has 2 aliphatic rings. The second-order valence-electron chi connectivity index (χ2n) is 7.53. The molecule has 2 fully saturated rings. The monoisotopic (exact) mass is 457 g/mol. The maximum atomic E-state index is 12.6. The molecule has 1 spiro atoms. The van der Waals surface area contributed by atoms with Crippen LogP contribution in [0.2, 0.25) is 0 Å². The first kappa shape index (κ1) is 23.7. The second-order valence-corrected chi connectivity index (χ2v) is 7.53. The van der Waals surface area contributed by atoms with Crippen molar-refractivity contribution in [1.29, 1.82) is 0 Å². The first-order chi connectivity index (χ1) is 15.1. The van der Waals surface area contributed by atoms with Crippen LogP contribution in [0.25, 0.3) is 0 Å². The summed E-state index contributed by atoms with van der Waals surface area (Å²) in [5.41, 5.74) is 1.42. The molecule has 4 heterocycles. The third kappa shape index (κ3) is 5.82. The number of hydrogen-bond acceptors (Lipinski definition) is 7. The molecule has 0 aromatic carbocycles. The molecule has 32 heavy (non-hydrogen) atoms. The fourth-order valence-corrected chi connectivity index (χ4v) is 3.56. The number of ether oxygens (including phenoxy) is 2. The standard InChI is InChI=1S/C18H21N3O4.C2HF3O2/c1-13-16(24-12-20-13)17(22)21-7-4-18(11-21)8-15(10-25-18)23-9-14-2-5-19-6-3-14;3-2(4,5)1(6)7/h2-3,5-6,12,15H,4,7-11H2,1H3;(H,6,7)/t15-,18-;/m0./s1. The van der Waals surface area contributed by atoms with E-state index in [9.17, 15) is 18.0 Å². The number of halogens is 3. The van der Waals surface area contributed by atoms with E-state index in [1.165, 1.54) is 6.39 Å². The lowest BCUT2D eigenvalue weighted by Gasteiger charge is -2.23. The van der Waals surface area contributed by atoms with Crippen LogP contribution in [0, 0.1) is 6.92 Å². The number of nitrogens with zero attached hydrogens (tertiary/aromatic N) is 3. The number of pyridine rings is 1. The average molecular weight is 457 g/mol. The van der Waals surface area contributed by atoms with Crippen LogP contribution in [0.4, 0.5) is 13.2 Å². The molecule has 2 aliphatic heterocycles. The summed E-state index contributed by atoms with van der Waals surface area (Å²) >= 11 is 0. The van der Waals surface area contributed by atoms with Gasteiger partial charge in [-0.15, -0.1) is 0 Å². The second kappa shape index (κ2) is 9.65. The number of likely N-dealkylation sites (tertiary alicyclic amines) is 1. The predicted molar refractivity (Wildman–Crippen MR) is 102 cm³/mol. The average Bonchev–Trinajstić information content (AvgIpc) is 3.47. The predicted octanol–water partition coefficient (Wildman–Crippen LogP) is 2.60. The number of oxazole rings is 1. The number of hydrogen-bond donors (Lipinski definition) is 1. The van der Waals surface area contributed by atoms with E-state index in [1.54, 1.807) is 24.2 Å². The van der Waals surface area contributed by atoms with Crippen molar-refractivity contribution >= 4 is 11.9 Å². The van der Waals surface area contributed by atoms with Crippen LogP contribution in [0.3, 0.4) is 0 Å². The number of carboxylic acids is 1. The number of aryl methyl sites for hydroxylation is 1. The van der Waals surface area contributed by atoms with E-state index in [4.69, 9.17) is 23.8 Å². The maximum Gasteiger partial charge on any atom is 0.490 e. The molecule has 2 aromatic rings. The third-order valence-corrected chi connectivity index (χ3v) is 5.20. The van der Waals surface area contributed by atoms with E-state index in [0.29, 0.717) is 37.8 Å². The van der Waals surface area contributed by atoms with Crippen LogP contribution in [-0.2, 0) is 20.9 Å². The van der Waals surface area contributed by atoms with Crippen LogP contribution in [-0.4, -0.2) is 69.4 Å². The summed E-state index contributed by atoms with van der Waals surface area (Å²) in [6.45, 7) is 4.12. The van der Waals surface area contributed by atoms with Crippen LogP contribution in [0.5, 0.6) is 0 Å². The van der Waals surface area contributed by atoms with E-state index < -0.39 is 12.1 Å². The zero-order valence-corrected chi connectivity index (χ0v) is 17.2. The van der Waals surface area contributed by atoms with Gasteiger partial charge >= 0.3 is 12.1 Å². The molecule has 0 bridgehead atoms. The maximum absolute atomic E-state index is 12.6. The molecule has 1 N–H and O–H groups in total. The van der Waals surface area contributed by atoms with Gasteiger partial charge in [-0.25, -0.2) is 9.78 Å². The van der Waals surface area contributed by atoms with E-state index in [0.717, 1.165) is 18.4 Å². The number of alkyl halides is 3. The Bertz CT molecular complexity index is 936. The Morgan fingerprint density at radius 2 is 2.03 bits per heavy atom. The molecule has 0 saturated carbocycles. The minimum Gasteiger partial charge on any atom is -0.475 e. The number of aromatic nitrogens is 2. The SMILES string of the molecule is Cc1ncoc1C(=O)N1CC[C@]2(C[C@H](OCc3ccncc3)CO2)C1.O=C(O)C(F)(F)F. The van der Waals surface area contributed by atoms with Gasteiger partial charge in [0.1, 0.15) is 0 Å². The summed E-state index contributed by atoms with van der Waals surface area (Å²) in [7, 11) is 0. The largest absolute Gasteiger partial charge is 0.490 e. The van der Waals surface area contributed by atoms with Crippen molar-refractivity contribution in [2.24, 2.45) is 0 Å². The van der Waals surface area contributed by atoms with Gasteiger partial charge in [0.2, 0.25) is 5.76 Å². The lowest BCUT2D eigenvalue weighted by atomic mass is 9.98. The smallest absolute Gasteiger partial charge is 0.475 e. The van der Waals surface area contributed by atoms with Crippen molar-refractivity contribution in [2.75, 3.05) is 19.7 Å². The van der Waals surface area contributed by atoms with E-state index in [-0.39, 0.29) is 17.6 Å². The molecule has 12 heteroatoms. The van der Waals surface area contributed by atoms with Crippen molar-refractivity contribution in [1.82, 2.24) is 14.9 Å². The highest BCUT2D eigenvalue weighted by Crippen LogP contribution is 2.37. The van der Waals surface area contributed by atoms with E-state index in [1.807, 2.05) is 12.1 Å². The van der Waals surface area contributed by atoms with E-state index >= 15 is 0 Å². The highest BCUT2D eigenvalue weighted by molar-refractivity contribution is 5.92. The van der Waals surface area contributed by atoms with Gasteiger partial charge in [0.25, 0.3) is 5.91 Å². The van der Waals surface area contributed by atoms with Crippen molar-refractivity contribution < 1.29 is 41.8 Å². The first-order valence-electron chi connectivity index (χ1n) is 9.73. The van der Waals surface area contributed by atoms with Gasteiger partial charge in [-0.2, -0.15) is 13.2 Å². The lowest BCUT2D eigenvalue weighted by Crippen LogP contribution is -2.36. The number of rotatable bonds is 4. The summed E-state index contributed by atoms with van der Waals surface area (Å²) in [5.74, 6) is -2.55. The molecule has 0 unspecified atom stereocenters. The molecule has 1 amide bonds. The Hall–Kier alpha value is -2.99. The zero-order valence-electron chi connectivity index (χ0n) is 17.2. The lowest BCUT2D eigenvalue weighted by molar-refractivity contribution is -0.192. The molecular weight excluding hydrogens is 435 g/mol. The third-order valence-electron chi connectivity index (χ3n) is 5.20. The molecule has 4 rings (SSSR count). The topological polar surface area (TPSA) is 115 Å². The number of carboxylic acid groups (broad SMARTS) is 1. The van der Waals surface area contributed by atoms with Crippen molar-refractivity contribution in [3.05, 3.63) is 47.9 Å². The van der Waals surface area contributed by atoms with Gasteiger partial charge in [-0.05, 0) is 31.0 Å². The van der Waals surface area contributed by atoms with E-state index in [2.05, 4.69) is 9.97 Å². The molecule has 2 atom stereocenters. The Labute approximate surface area is 181 Å². The molecule has 2 aromatic heterocycles. The van der Waals surface area contributed by atoms with Crippen LogP contribution >= 0.6 is 0 Å². The zero-order chi connectivity index (χ0) is 23.4. The molecule has 2 saturated heterocycles. The fourth-order valence-electron chi connectivity index (χ4n) is 3.56. The first-order valence-corrected chi connectivity index (χ1v) is 9.73. The summed E-state index contributed by atoms with van der Waals surface area (Å²) in [6, 6.07) is 3.89. The van der Waals surface area contributed by atoms with Crippen LogP contribution in [0.1, 0.15) is 34.7 Å². The fraction of sp³-hybridized carbons (Fsp3) is 0.500. The van der Waals surface area contributed by atoms with Gasteiger partial charge in [0, 0.05) is 25.4 Å². The van der Waals surface area contributed by atoms with Crippen molar-refractivity contribution in [3.8, 4) is 0 Å². The minimum atomic E-state index is -5.08. The van der Waals surface area contributed by atoms with Gasteiger partial charge in [-0.3, -0.25) is 9.78 Å². The van der Waals surface area contributed by atoms with Gasteiger partial charge < -0.3 is 23.9 Å². The molecule has 9 nitrogen and oxygen atoms in total. The molecular formula is C20H22F3N3O6. The highest BCUT2D eigenvalue weighted by Gasteiger charge is 2.47. The summed E-state index contributed by atoms with van der Waals surface area (Å²) in [5, 5.41) is 7.12. The Balaban J connectivity index is 0.000000360. The minimum absolute atomic E-state index is 0.0511.